The van der Waals surface area contributed by atoms with Gasteiger partial charge in [0.25, 0.3) is 0 Å². The quantitative estimate of drug-likeness (QED) is 0.634. The Labute approximate surface area is 180 Å². The molecule has 0 radical (unpaired) electrons. The molecule has 1 aliphatic rings. The lowest BCUT2D eigenvalue weighted by Gasteiger charge is -2.26. The van der Waals surface area contributed by atoms with Crippen LogP contribution < -0.4 is 11.0 Å². The van der Waals surface area contributed by atoms with E-state index in [1.165, 1.54) is 34.1 Å². The van der Waals surface area contributed by atoms with Crippen molar-refractivity contribution in [2.75, 3.05) is 12.4 Å². The first-order valence-corrected chi connectivity index (χ1v) is 10.7. The van der Waals surface area contributed by atoms with Crippen LogP contribution >= 0.6 is 0 Å². The fourth-order valence-corrected chi connectivity index (χ4v) is 4.02. The van der Waals surface area contributed by atoms with E-state index in [-0.39, 0.29) is 11.5 Å². The largest absolute Gasteiger partial charge is 0.361 e. The number of hydrogen-bond donors (Lipinski definition) is 1. The van der Waals surface area contributed by atoms with Crippen molar-refractivity contribution in [1.29, 1.82) is 0 Å². The fraction of sp³-hybridized carbons (Fsp3) is 0.435. The van der Waals surface area contributed by atoms with Crippen LogP contribution in [0.3, 0.4) is 0 Å². The molecular weight excluding hydrogens is 397 g/mol. The molecule has 4 rings (SSSR count). The van der Waals surface area contributed by atoms with Gasteiger partial charge < -0.3 is 10.1 Å². The van der Waals surface area contributed by atoms with E-state index >= 15 is 0 Å². The smallest absolute Gasteiger partial charge is 0.335 e. The van der Waals surface area contributed by atoms with Gasteiger partial charge in [0.15, 0.2) is 0 Å². The Bertz CT molecular complexity index is 1080. The molecule has 1 N–H and O–H groups in total. The van der Waals surface area contributed by atoms with E-state index in [0.29, 0.717) is 29.1 Å². The molecule has 3 aromatic rings. The van der Waals surface area contributed by atoms with Gasteiger partial charge in [-0.25, -0.2) is 19.2 Å². The zero-order valence-corrected chi connectivity index (χ0v) is 18.1. The summed E-state index contributed by atoms with van der Waals surface area (Å²) in [6.07, 6.45) is 7.52. The van der Waals surface area contributed by atoms with Crippen molar-refractivity contribution in [3.8, 4) is 17.1 Å². The van der Waals surface area contributed by atoms with E-state index < -0.39 is 6.23 Å². The van der Waals surface area contributed by atoms with Gasteiger partial charge in [-0.1, -0.05) is 6.92 Å². The predicted octanol–water partition coefficient (Wildman–Crippen LogP) is 4.39. The van der Waals surface area contributed by atoms with E-state index in [2.05, 4.69) is 22.2 Å². The maximum Gasteiger partial charge on any atom is 0.335 e. The van der Waals surface area contributed by atoms with Crippen LogP contribution in [0.25, 0.3) is 17.1 Å². The highest BCUT2D eigenvalue weighted by molar-refractivity contribution is 5.59. The third-order valence-electron chi connectivity index (χ3n) is 6.00. The van der Waals surface area contributed by atoms with Crippen LogP contribution in [0.1, 0.15) is 45.8 Å². The summed E-state index contributed by atoms with van der Waals surface area (Å²) in [5.74, 6) is 0.944. The molecule has 0 bridgehead atoms. The lowest BCUT2D eigenvalue weighted by atomic mass is 9.87. The Balaban J connectivity index is 1.73. The summed E-state index contributed by atoms with van der Waals surface area (Å²) < 4.78 is 21.8. The van der Waals surface area contributed by atoms with Gasteiger partial charge in [-0.3, -0.25) is 9.13 Å². The van der Waals surface area contributed by atoms with Gasteiger partial charge in [0.1, 0.15) is 12.0 Å². The summed E-state index contributed by atoms with van der Waals surface area (Å²) in [5.41, 5.74) is 1.46. The second-order valence-electron chi connectivity index (χ2n) is 8.22. The normalized spacial score (nSPS) is 19.9. The van der Waals surface area contributed by atoms with Crippen molar-refractivity contribution in [3.05, 3.63) is 59.0 Å². The Morgan fingerprint density at radius 3 is 2.55 bits per heavy atom. The summed E-state index contributed by atoms with van der Waals surface area (Å²) >= 11 is 0. The highest BCUT2D eigenvalue weighted by Gasteiger charge is 2.21. The van der Waals surface area contributed by atoms with E-state index in [1.54, 1.807) is 44.6 Å². The second-order valence-corrected chi connectivity index (χ2v) is 8.22. The minimum Gasteiger partial charge on any atom is -0.361 e. The van der Waals surface area contributed by atoms with E-state index in [4.69, 9.17) is 4.74 Å². The van der Waals surface area contributed by atoms with Crippen molar-refractivity contribution >= 4 is 5.95 Å². The average molecular weight is 426 g/mol. The number of anilines is 1. The van der Waals surface area contributed by atoms with E-state index in [0.717, 1.165) is 18.8 Å². The highest BCUT2D eigenvalue weighted by atomic mass is 19.1. The number of aromatic nitrogens is 4. The summed E-state index contributed by atoms with van der Waals surface area (Å²) in [5, 5.41) is 3.44. The number of nitrogens with one attached hydrogen (secondary N) is 1. The standard InChI is InChI=1S/C23H28FN5O2/c1-15-4-8-18(9-5-15)26-22-25-13-12-20(27-22)21-14-28(16(2)31-3)23(30)29(21)19-10-6-17(24)7-11-19/h6-7,10-16,18H,4-5,8-9H2,1-3H3,(H,25,26,27). The molecule has 31 heavy (non-hydrogen) atoms. The molecule has 7 nitrogen and oxygen atoms in total. The fourth-order valence-electron chi connectivity index (χ4n) is 4.02. The molecule has 1 saturated carbocycles. The summed E-state index contributed by atoms with van der Waals surface area (Å²) in [4.78, 5) is 22.2. The topological polar surface area (TPSA) is 74.0 Å². The number of rotatable bonds is 6. The molecule has 2 aromatic heterocycles. The highest BCUT2D eigenvalue weighted by Crippen LogP contribution is 2.26. The summed E-state index contributed by atoms with van der Waals surface area (Å²) in [6, 6.07) is 7.94. The minimum atomic E-state index is -0.461. The number of methoxy groups -OCH3 is 1. The van der Waals surface area contributed by atoms with Gasteiger partial charge in [0.2, 0.25) is 5.95 Å². The van der Waals surface area contributed by atoms with Crippen LogP contribution in [0, 0.1) is 11.7 Å². The average Bonchev–Trinajstić information content (AvgIpc) is 3.13. The lowest BCUT2D eigenvalue weighted by molar-refractivity contribution is 0.0575. The molecule has 1 unspecified atom stereocenters. The Morgan fingerprint density at radius 1 is 1.16 bits per heavy atom. The Hall–Kier alpha value is -3.00. The van der Waals surface area contributed by atoms with Crippen LogP contribution in [0.2, 0.25) is 0 Å². The molecule has 0 saturated heterocycles. The molecule has 2 heterocycles. The number of imidazole rings is 1. The van der Waals surface area contributed by atoms with Crippen molar-refractivity contribution in [1.82, 2.24) is 19.1 Å². The number of ether oxygens (including phenoxy) is 1. The first-order valence-electron chi connectivity index (χ1n) is 10.7. The van der Waals surface area contributed by atoms with Crippen LogP contribution in [0.5, 0.6) is 0 Å². The first-order chi connectivity index (χ1) is 15.0. The van der Waals surface area contributed by atoms with Crippen molar-refractivity contribution < 1.29 is 9.13 Å². The third-order valence-corrected chi connectivity index (χ3v) is 6.00. The zero-order valence-electron chi connectivity index (χ0n) is 18.1. The molecule has 0 spiro atoms. The van der Waals surface area contributed by atoms with Gasteiger partial charge in [-0.15, -0.1) is 0 Å². The zero-order chi connectivity index (χ0) is 22.0. The third kappa shape index (κ3) is 4.54. The van der Waals surface area contributed by atoms with Gasteiger partial charge in [-0.05, 0) is 68.9 Å². The van der Waals surface area contributed by atoms with Gasteiger partial charge >= 0.3 is 5.69 Å². The molecular formula is C23H28FN5O2. The number of benzene rings is 1. The van der Waals surface area contributed by atoms with Crippen LogP contribution in [0.4, 0.5) is 10.3 Å². The SMILES string of the molecule is COC(C)n1cc(-c2ccnc(NC3CCC(C)CC3)n2)n(-c2ccc(F)cc2)c1=O. The summed E-state index contributed by atoms with van der Waals surface area (Å²) in [6.45, 7) is 4.07. The Kier molecular flexibility index (Phi) is 6.18. The van der Waals surface area contributed by atoms with Gasteiger partial charge in [0.05, 0.1) is 17.1 Å². The van der Waals surface area contributed by atoms with Gasteiger partial charge in [0, 0.05) is 25.5 Å². The van der Waals surface area contributed by atoms with Crippen LogP contribution in [-0.4, -0.2) is 32.3 Å². The minimum absolute atomic E-state index is 0.287. The molecule has 0 aliphatic heterocycles. The predicted molar refractivity (Wildman–Crippen MR) is 118 cm³/mol. The Morgan fingerprint density at radius 2 is 1.87 bits per heavy atom. The van der Waals surface area contributed by atoms with Crippen molar-refractivity contribution in [3.63, 3.8) is 0 Å². The number of hydrogen-bond acceptors (Lipinski definition) is 5. The van der Waals surface area contributed by atoms with Crippen LogP contribution in [0.15, 0.2) is 47.5 Å². The summed E-state index contributed by atoms with van der Waals surface area (Å²) in [7, 11) is 1.55. The van der Waals surface area contributed by atoms with Crippen molar-refractivity contribution in [2.45, 2.75) is 51.8 Å². The monoisotopic (exact) mass is 425 g/mol. The molecule has 0 amide bonds. The maximum atomic E-state index is 13.5. The maximum absolute atomic E-state index is 13.5. The van der Waals surface area contributed by atoms with Gasteiger partial charge in [-0.2, -0.15) is 0 Å². The molecule has 8 heteroatoms. The number of nitrogens with zero attached hydrogens (tertiary/aromatic N) is 4. The second kappa shape index (κ2) is 9.01. The van der Waals surface area contributed by atoms with Crippen LogP contribution in [-0.2, 0) is 4.74 Å². The molecule has 1 aliphatic carbocycles. The number of halogens is 1. The lowest BCUT2D eigenvalue weighted by Crippen LogP contribution is -2.26. The molecule has 1 atom stereocenters. The van der Waals surface area contributed by atoms with Crippen molar-refractivity contribution in [2.24, 2.45) is 5.92 Å². The molecule has 164 valence electrons. The molecule has 1 fully saturated rings. The molecule has 1 aromatic carbocycles. The van der Waals surface area contributed by atoms with E-state index in [9.17, 15) is 9.18 Å². The first kappa shape index (κ1) is 21.2. The van der Waals surface area contributed by atoms with E-state index in [1.807, 2.05) is 0 Å².